The van der Waals surface area contributed by atoms with Crippen LogP contribution < -0.4 is 0 Å². The van der Waals surface area contributed by atoms with Gasteiger partial charge in [0.05, 0.1) is 0 Å². The Labute approximate surface area is 127 Å². The fraction of sp³-hybridized carbons (Fsp3) is 0.368. The summed E-state index contributed by atoms with van der Waals surface area (Å²) in [5.74, 6) is 0. The van der Waals surface area contributed by atoms with E-state index in [2.05, 4.69) is 73.0 Å². The molecule has 21 heavy (non-hydrogen) atoms. The summed E-state index contributed by atoms with van der Waals surface area (Å²) in [6.45, 7) is 4.38. The Hall–Kier alpha value is -1.80. The van der Waals surface area contributed by atoms with Crippen molar-refractivity contribution in [3.05, 3.63) is 48.0 Å². The number of aromatic nitrogens is 1. The Kier molecular flexibility index (Phi) is 3.98. The molecule has 2 nitrogen and oxygen atoms in total. The molecule has 1 aromatic heterocycles. The molecule has 0 amide bonds. The highest BCUT2D eigenvalue weighted by Gasteiger charge is 2.09. The first-order chi connectivity index (χ1) is 10.2. The molecule has 0 bridgehead atoms. The van der Waals surface area contributed by atoms with Crippen LogP contribution in [0.2, 0.25) is 0 Å². The van der Waals surface area contributed by atoms with Gasteiger partial charge in [-0.15, -0.1) is 0 Å². The molecule has 2 aromatic carbocycles. The zero-order chi connectivity index (χ0) is 14.8. The fourth-order valence-corrected chi connectivity index (χ4v) is 3.20. The Balaban J connectivity index is 2.02. The van der Waals surface area contributed by atoms with Gasteiger partial charge in [-0.1, -0.05) is 24.3 Å². The summed E-state index contributed by atoms with van der Waals surface area (Å²) in [5.41, 5.74) is 4.15. The van der Waals surface area contributed by atoms with Crippen LogP contribution in [0.25, 0.3) is 21.8 Å². The minimum Gasteiger partial charge on any atom is -0.341 e. The third-order valence-corrected chi connectivity index (χ3v) is 4.22. The second-order valence-electron chi connectivity index (χ2n) is 6.02. The highest BCUT2D eigenvalue weighted by atomic mass is 15.0. The fourth-order valence-electron chi connectivity index (χ4n) is 3.20. The van der Waals surface area contributed by atoms with Gasteiger partial charge in [0.15, 0.2) is 0 Å². The average Bonchev–Trinajstić information content (AvgIpc) is 2.80. The van der Waals surface area contributed by atoms with E-state index in [4.69, 9.17) is 0 Å². The number of hydrogen-bond donors (Lipinski definition) is 0. The molecule has 110 valence electrons. The molecule has 0 radical (unpaired) electrons. The van der Waals surface area contributed by atoms with Crippen molar-refractivity contribution in [3.8, 4) is 0 Å². The molecule has 0 N–H and O–H groups in total. The van der Waals surface area contributed by atoms with Gasteiger partial charge in [-0.2, -0.15) is 0 Å². The molecule has 0 fully saturated rings. The summed E-state index contributed by atoms with van der Waals surface area (Å²) in [6.07, 6.45) is 2.37. The van der Waals surface area contributed by atoms with Gasteiger partial charge in [-0.3, -0.25) is 0 Å². The van der Waals surface area contributed by atoms with Crippen LogP contribution in [0, 0.1) is 0 Å². The molecular formula is C19H24N2. The van der Waals surface area contributed by atoms with Gasteiger partial charge in [-0.05, 0) is 64.2 Å². The van der Waals surface area contributed by atoms with E-state index < -0.39 is 0 Å². The molecule has 0 aliphatic rings. The number of benzene rings is 2. The summed E-state index contributed by atoms with van der Waals surface area (Å²) >= 11 is 0. The SMILES string of the molecule is CCn1c2ccccc2c2cc(CCCN(C)C)ccc21. The van der Waals surface area contributed by atoms with Gasteiger partial charge in [0.1, 0.15) is 0 Å². The van der Waals surface area contributed by atoms with Gasteiger partial charge in [0, 0.05) is 28.4 Å². The maximum absolute atomic E-state index is 2.41. The van der Waals surface area contributed by atoms with Crippen LogP contribution in [0.15, 0.2) is 42.5 Å². The van der Waals surface area contributed by atoms with Crippen molar-refractivity contribution >= 4 is 21.8 Å². The first-order valence-corrected chi connectivity index (χ1v) is 7.85. The number of aryl methyl sites for hydroxylation is 2. The van der Waals surface area contributed by atoms with Crippen molar-refractivity contribution < 1.29 is 0 Å². The average molecular weight is 280 g/mol. The number of para-hydroxylation sites is 1. The van der Waals surface area contributed by atoms with Crippen molar-refractivity contribution in [1.82, 2.24) is 9.47 Å². The smallest absolute Gasteiger partial charge is 0.0491 e. The Bertz CT molecular complexity index is 753. The van der Waals surface area contributed by atoms with Crippen LogP contribution in [-0.2, 0) is 13.0 Å². The third kappa shape index (κ3) is 2.68. The standard InChI is InChI=1S/C19H24N2/c1-4-21-18-10-6-5-9-16(18)17-14-15(11-12-19(17)21)8-7-13-20(2)3/h5-6,9-12,14H,4,7-8,13H2,1-3H3. The van der Waals surface area contributed by atoms with E-state index in [9.17, 15) is 0 Å². The van der Waals surface area contributed by atoms with Crippen molar-refractivity contribution in [2.45, 2.75) is 26.3 Å². The topological polar surface area (TPSA) is 8.17 Å². The molecule has 2 heteroatoms. The van der Waals surface area contributed by atoms with E-state index in [1.165, 1.54) is 33.8 Å². The van der Waals surface area contributed by atoms with E-state index in [-0.39, 0.29) is 0 Å². The molecule has 0 aliphatic heterocycles. The largest absolute Gasteiger partial charge is 0.341 e. The lowest BCUT2D eigenvalue weighted by atomic mass is 10.1. The quantitative estimate of drug-likeness (QED) is 0.676. The van der Waals surface area contributed by atoms with Gasteiger partial charge in [-0.25, -0.2) is 0 Å². The molecule has 0 saturated heterocycles. The molecule has 3 aromatic rings. The van der Waals surface area contributed by atoms with Gasteiger partial charge >= 0.3 is 0 Å². The Morgan fingerprint density at radius 1 is 0.952 bits per heavy atom. The third-order valence-electron chi connectivity index (χ3n) is 4.22. The van der Waals surface area contributed by atoms with Crippen LogP contribution in [0.3, 0.4) is 0 Å². The number of hydrogen-bond acceptors (Lipinski definition) is 1. The maximum Gasteiger partial charge on any atom is 0.0491 e. The van der Waals surface area contributed by atoms with Crippen molar-refractivity contribution in [2.75, 3.05) is 20.6 Å². The summed E-state index contributed by atoms with van der Waals surface area (Å²) in [4.78, 5) is 2.25. The van der Waals surface area contributed by atoms with E-state index in [1.807, 2.05) is 0 Å². The van der Waals surface area contributed by atoms with Crippen LogP contribution >= 0.6 is 0 Å². The van der Waals surface area contributed by atoms with Gasteiger partial charge < -0.3 is 9.47 Å². The maximum atomic E-state index is 2.41. The molecule has 0 atom stereocenters. The zero-order valence-corrected chi connectivity index (χ0v) is 13.3. The van der Waals surface area contributed by atoms with E-state index >= 15 is 0 Å². The Morgan fingerprint density at radius 2 is 1.71 bits per heavy atom. The second kappa shape index (κ2) is 5.90. The molecular weight excluding hydrogens is 256 g/mol. The lowest BCUT2D eigenvalue weighted by Crippen LogP contribution is -2.13. The first-order valence-electron chi connectivity index (χ1n) is 7.85. The highest BCUT2D eigenvalue weighted by molar-refractivity contribution is 6.08. The predicted octanol–water partition coefficient (Wildman–Crippen LogP) is 4.31. The van der Waals surface area contributed by atoms with E-state index in [0.29, 0.717) is 0 Å². The molecule has 0 spiro atoms. The highest BCUT2D eigenvalue weighted by Crippen LogP contribution is 2.29. The number of fused-ring (bicyclic) bond motifs is 3. The number of nitrogens with zero attached hydrogens (tertiary/aromatic N) is 2. The summed E-state index contributed by atoms with van der Waals surface area (Å²) in [7, 11) is 4.27. The summed E-state index contributed by atoms with van der Waals surface area (Å²) in [6, 6.07) is 15.7. The van der Waals surface area contributed by atoms with Crippen LogP contribution in [0.4, 0.5) is 0 Å². The molecule has 0 aliphatic carbocycles. The minimum absolute atomic E-state index is 1.02. The lowest BCUT2D eigenvalue weighted by Gasteiger charge is -2.09. The summed E-state index contributed by atoms with van der Waals surface area (Å²) < 4.78 is 2.41. The molecule has 0 saturated carbocycles. The zero-order valence-electron chi connectivity index (χ0n) is 13.3. The van der Waals surface area contributed by atoms with Crippen molar-refractivity contribution in [3.63, 3.8) is 0 Å². The monoisotopic (exact) mass is 280 g/mol. The van der Waals surface area contributed by atoms with E-state index in [1.54, 1.807) is 0 Å². The van der Waals surface area contributed by atoms with Gasteiger partial charge in [0.2, 0.25) is 0 Å². The molecule has 1 heterocycles. The van der Waals surface area contributed by atoms with Crippen molar-refractivity contribution in [1.29, 1.82) is 0 Å². The van der Waals surface area contributed by atoms with Gasteiger partial charge in [0.25, 0.3) is 0 Å². The summed E-state index contributed by atoms with van der Waals surface area (Å²) in [5, 5.41) is 2.78. The molecule has 0 unspecified atom stereocenters. The lowest BCUT2D eigenvalue weighted by molar-refractivity contribution is 0.400. The van der Waals surface area contributed by atoms with Crippen LogP contribution in [0.5, 0.6) is 0 Å². The minimum atomic E-state index is 1.02. The molecule has 3 rings (SSSR count). The normalized spacial score (nSPS) is 11.8. The van der Waals surface area contributed by atoms with Crippen LogP contribution in [-0.4, -0.2) is 30.1 Å². The first kappa shape index (κ1) is 14.2. The Morgan fingerprint density at radius 3 is 2.48 bits per heavy atom. The second-order valence-corrected chi connectivity index (χ2v) is 6.02. The van der Waals surface area contributed by atoms with Crippen LogP contribution in [0.1, 0.15) is 18.9 Å². The predicted molar refractivity (Wildman–Crippen MR) is 92.0 cm³/mol. The van der Waals surface area contributed by atoms with Crippen molar-refractivity contribution in [2.24, 2.45) is 0 Å². The van der Waals surface area contributed by atoms with E-state index in [0.717, 1.165) is 19.5 Å². The number of rotatable bonds is 5.